The number of rotatable bonds is 7. The summed E-state index contributed by atoms with van der Waals surface area (Å²) in [7, 11) is 1.64. The van der Waals surface area contributed by atoms with Gasteiger partial charge >= 0.3 is 0 Å². The first-order valence-electron chi connectivity index (χ1n) is 8.35. The third-order valence-corrected chi connectivity index (χ3v) is 4.04. The molecule has 2 N–H and O–H groups in total. The van der Waals surface area contributed by atoms with Crippen molar-refractivity contribution in [2.75, 3.05) is 25.6 Å². The van der Waals surface area contributed by atoms with Crippen molar-refractivity contribution in [2.24, 2.45) is 0 Å². The van der Waals surface area contributed by atoms with Gasteiger partial charge in [-0.1, -0.05) is 12.1 Å². The van der Waals surface area contributed by atoms with E-state index in [0.29, 0.717) is 24.6 Å². The lowest BCUT2D eigenvalue weighted by Crippen LogP contribution is -2.32. The summed E-state index contributed by atoms with van der Waals surface area (Å²) in [6, 6.07) is 11.2. The van der Waals surface area contributed by atoms with Crippen molar-refractivity contribution in [3.63, 3.8) is 0 Å². The molecule has 7 nitrogen and oxygen atoms in total. The lowest BCUT2D eigenvalue weighted by Gasteiger charge is -2.10. The van der Waals surface area contributed by atoms with Gasteiger partial charge in [0, 0.05) is 19.7 Å². The minimum atomic E-state index is -0.232. The standard InChI is InChI=1S/C18H22N4O3/c1-24-14-6-4-13(5-7-14)11-19-17-9-8-16(21-22-17)18(23)20-12-15-3-2-10-25-15/h4-9,15H,2-3,10-12H2,1H3,(H,19,22)(H,20,23). The molecule has 25 heavy (non-hydrogen) atoms. The molecule has 2 heterocycles. The number of hydrogen-bond acceptors (Lipinski definition) is 6. The first-order chi connectivity index (χ1) is 12.2. The van der Waals surface area contributed by atoms with Crippen LogP contribution in [0.1, 0.15) is 28.9 Å². The molecular weight excluding hydrogens is 320 g/mol. The third-order valence-electron chi connectivity index (χ3n) is 4.04. The van der Waals surface area contributed by atoms with Gasteiger partial charge in [-0.3, -0.25) is 4.79 Å². The molecule has 1 aliphatic rings. The van der Waals surface area contributed by atoms with Gasteiger partial charge < -0.3 is 20.1 Å². The molecule has 1 saturated heterocycles. The van der Waals surface area contributed by atoms with Crippen LogP contribution in [0, 0.1) is 0 Å². The average molecular weight is 342 g/mol. The molecule has 1 aliphatic heterocycles. The van der Waals surface area contributed by atoms with Crippen molar-refractivity contribution in [2.45, 2.75) is 25.5 Å². The summed E-state index contributed by atoms with van der Waals surface area (Å²) < 4.78 is 10.6. The Labute approximate surface area is 146 Å². The number of anilines is 1. The second-order valence-corrected chi connectivity index (χ2v) is 5.85. The van der Waals surface area contributed by atoms with Crippen LogP contribution in [-0.2, 0) is 11.3 Å². The molecule has 132 valence electrons. The molecule has 2 aromatic rings. The predicted octanol–water partition coefficient (Wildman–Crippen LogP) is 2.01. The topological polar surface area (TPSA) is 85.4 Å². The van der Waals surface area contributed by atoms with Crippen LogP contribution in [0.3, 0.4) is 0 Å². The Balaban J connectivity index is 1.48. The van der Waals surface area contributed by atoms with E-state index in [0.717, 1.165) is 30.8 Å². The molecule has 0 saturated carbocycles. The van der Waals surface area contributed by atoms with Crippen LogP contribution in [0.25, 0.3) is 0 Å². The van der Waals surface area contributed by atoms with Crippen molar-refractivity contribution < 1.29 is 14.3 Å². The number of nitrogens with zero attached hydrogens (tertiary/aromatic N) is 2. The fraction of sp³-hybridized carbons (Fsp3) is 0.389. The predicted molar refractivity (Wildman–Crippen MR) is 93.7 cm³/mol. The van der Waals surface area contributed by atoms with E-state index in [9.17, 15) is 4.79 Å². The highest BCUT2D eigenvalue weighted by Crippen LogP contribution is 2.13. The zero-order valence-corrected chi connectivity index (χ0v) is 14.2. The first kappa shape index (κ1) is 17.2. The second kappa shape index (κ2) is 8.43. The molecule has 0 bridgehead atoms. The molecule has 7 heteroatoms. The van der Waals surface area contributed by atoms with E-state index in [4.69, 9.17) is 9.47 Å². The van der Waals surface area contributed by atoms with Crippen LogP contribution in [0.4, 0.5) is 5.82 Å². The van der Waals surface area contributed by atoms with Gasteiger partial charge in [0.25, 0.3) is 5.91 Å². The fourth-order valence-corrected chi connectivity index (χ4v) is 2.59. The molecule has 1 amide bonds. The van der Waals surface area contributed by atoms with Crippen LogP contribution < -0.4 is 15.4 Å². The van der Waals surface area contributed by atoms with Gasteiger partial charge in [-0.25, -0.2) is 0 Å². The van der Waals surface area contributed by atoms with Crippen molar-refractivity contribution >= 4 is 11.7 Å². The second-order valence-electron chi connectivity index (χ2n) is 5.85. The maximum Gasteiger partial charge on any atom is 0.271 e. The van der Waals surface area contributed by atoms with E-state index < -0.39 is 0 Å². The number of benzene rings is 1. The van der Waals surface area contributed by atoms with Crippen LogP contribution in [0.15, 0.2) is 36.4 Å². The Bertz CT molecular complexity index is 682. The number of carbonyl (C=O) groups excluding carboxylic acids is 1. The summed E-state index contributed by atoms with van der Waals surface area (Å²) in [6.07, 6.45) is 2.15. The summed E-state index contributed by atoms with van der Waals surface area (Å²) >= 11 is 0. The maximum atomic E-state index is 12.1. The molecule has 0 aliphatic carbocycles. The summed E-state index contributed by atoms with van der Waals surface area (Å²) in [5.74, 6) is 1.21. The number of hydrogen-bond donors (Lipinski definition) is 2. The quantitative estimate of drug-likeness (QED) is 0.801. The van der Waals surface area contributed by atoms with E-state index in [1.807, 2.05) is 24.3 Å². The summed E-state index contributed by atoms with van der Waals surface area (Å²) in [5.41, 5.74) is 1.40. The van der Waals surface area contributed by atoms with E-state index in [1.54, 1.807) is 19.2 Å². The Morgan fingerprint density at radius 1 is 1.24 bits per heavy atom. The lowest BCUT2D eigenvalue weighted by atomic mass is 10.2. The highest BCUT2D eigenvalue weighted by Gasteiger charge is 2.17. The third kappa shape index (κ3) is 4.90. The van der Waals surface area contributed by atoms with Gasteiger partial charge in [0.05, 0.1) is 13.2 Å². The molecule has 1 atom stereocenters. The van der Waals surface area contributed by atoms with Crippen molar-refractivity contribution in [3.05, 3.63) is 47.7 Å². The van der Waals surface area contributed by atoms with E-state index >= 15 is 0 Å². The number of ether oxygens (including phenoxy) is 2. The van der Waals surface area contributed by atoms with Crippen molar-refractivity contribution in [1.82, 2.24) is 15.5 Å². The Morgan fingerprint density at radius 3 is 2.72 bits per heavy atom. The van der Waals surface area contributed by atoms with Crippen LogP contribution >= 0.6 is 0 Å². The minimum Gasteiger partial charge on any atom is -0.497 e. The van der Waals surface area contributed by atoms with Crippen molar-refractivity contribution in [1.29, 1.82) is 0 Å². The van der Waals surface area contributed by atoms with Gasteiger partial charge in [-0.15, -0.1) is 10.2 Å². The molecular formula is C18H22N4O3. The molecule has 1 aromatic carbocycles. The average Bonchev–Trinajstić information content (AvgIpc) is 3.19. The zero-order chi connectivity index (χ0) is 17.5. The molecule has 1 fully saturated rings. The zero-order valence-electron chi connectivity index (χ0n) is 14.2. The number of amides is 1. The number of aromatic nitrogens is 2. The fourth-order valence-electron chi connectivity index (χ4n) is 2.59. The minimum absolute atomic E-state index is 0.113. The van der Waals surface area contributed by atoms with Crippen molar-refractivity contribution in [3.8, 4) is 5.75 Å². The van der Waals surface area contributed by atoms with Gasteiger partial charge in [0.1, 0.15) is 11.6 Å². The molecule has 0 radical (unpaired) electrons. The molecule has 3 rings (SSSR count). The number of methoxy groups -OCH3 is 1. The summed E-state index contributed by atoms with van der Waals surface area (Å²) in [4.78, 5) is 12.1. The normalized spacial score (nSPS) is 16.4. The van der Waals surface area contributed by atoms with Gasteiger partial charge in [0.15, 0.2) is 5.69 Å². The van der Waals surface area contributed by atoms with Gasteiger partial charge in [-0.2, -0.15) is 0 Å². The number of carbonyl (C=O) groups is 1. The van der Waals surface area contributed by atoms with Gasteiger partial charge in [0.2, 0.25) is 0 Å². The van der Waals surface area contributed by atoms with E-state index in [2.05, 4.69) is 20.8 Å². The highest BCUT2D eigenvalue weighted by molar-refractivity contribution is 5.92. The Hall–Kier alpha value is -2.67. The Kier molecular flexibility index (Phi) is 5.79. The van der Waals surface area contributed by atoms with Crippen LogP contribution in [0.5, 0.6) is 5.75 Å². The molecule has 1 unspecified atom stereocenters. The summed E-state index contributed by atoms with van der Waals surface area (Å²) in [6.45, 7) is 1.90. The SMILES string of the molecule is COc1ccc(CNc2ccc(C(=O)NCC3CCCO3)nn2)cc1. The van der Waals surface area contributed by atoms with E-state index in [1.165, 1.54) is 0 Å². The lowest BCUT2D eigenvalue weighted by molar-refractivity contribution is 0.0853. The van der Waals surface area contributed by atoms with Crippen LogP contribution in [-0.4, -0.2) is 42.5 Å². The number of nitrogens with one attached hydrogen (secondary N) is 2. The smallest absolute Gasteiger partial charge is 0.271 e. The summed E-state index contributed by atoms with van der Waals surface area (Å²) in [5, 5.41) is 14.0. The van der Waals surface area contributed by atoms with E-state index in [-0.39, 0.29) is 12.0 Å². The van der Waals surface area contributed by atoms with Gasteiger partial charge in [-0.05, 0) is 42.7 Å². The maximum absolute atomic E-state index is 12.1. The van der Waals surface area contributed by atoms with Crippen LogP contribution in [0.2, 0.25) is 0 Å². The Morgan fingerprint density at radius 2 is 2.08 bits per heavy atom. The first-order valence-corrected chi connectivity index (χ1v) is 8.35. The monoisotopic (exact) mass is 342 g/mol. The molecule has 1 aromatic heterocycles. The largest absolute Gasteiger partial charge is 0.497 e. The molecule has 0 spiro atoms. The highest BCUT2D eigenvalue weighted by atomic mass is 16.5.